The van der Waals surface area contributed by atoms with Crippen LogP contribution in [0, 0.1) is 10.8 Å². The second kappa shape index (κ2) is 9.94. The summed E-state index contributed by atoms with van der Waals surface area (Å²) in [6.45, 7) is 17.1. The van der Waals surface area contributed by atoms with Gasteiger partial charge in [0.05, 0.1) is 0 Å². The van der Waals surface area contributed by atoms with Gasteiger partial charge in [0.1, 0.15) is 0 Å². The summed E-state index contributed by atoms with van der Waals surface area (Å²) in [5.41, 5.74) is 0.980. The third-order valence-corrected chi connectivity index (χ3v) is 3.22. The van der Waals surface area contributed by atoms with Crippen LogP contribution in [0.2, 0.25) is 0 Å². The molecule has 0 saturated heterocycles. The van der Waals surface area contributed by atoms with Crippen LogP contribution in [0.1, 0.15) is 80.6 Å². The predicted molar refractivity (Wildman–Crippen MR) is 81.6 cm³/mol. The van der Waals surface area contributed by atoms with Crippen molar-refractivity contribution < 1.29 is 0 Å². The summed E-state index contributed by atoms with van der Waals surface area (Å²) in [5.74, 6) is 0. The average Bonchev–Trinajstić information content (AvgIpc) is 2.25. The van der Waals surface area contributed by atoms with Crippen LogP contribution in [0.3, 0.4) is 0 Å². The van der Waals surface area contributed by atoms with E-state index in [1.807, 2.05) is 20.9 Å². The van der Waals surface area contributed by atoms with Crippen LogP contribution in [0.25, 0.3) is 0 Å². The molecule has 1 nitrogen and oxygen atoms in total. The molecule has 0 atom stereocenters. The molecular formula is C16H37N. The van der Waals surface area contributed by atoms with Gasteiger partial charge in [0.2, 0.25) is 0 Å². The predicted octanol–water partition coefficient (Wildman–Crippen LogP) is 5.25. The van der Waals surface area contributed by atoms with Gasteiger partial charge in [0, 0.05) is 0 Å². The molecule has 0 radical (unpaired) electrons. The lowest BCUT2D eigenvalue weighted by Crippen LogP contribution is -2.26. The van der Waals surface area contributed by atoms with Crippen molar-refractivity contribution in [3.05, 3.63) is 0 Å². The van der Waals surface area contributed by atoms with Crippen LogP contribution >= 0.6 is 0 Å². The molecule has 0 saturated carbocycles. The van der Waals surface area contributed by atoms with Crippen LogP contribution in [0.4, 0.5) is 0 Å². The Balaban J connectivity index is 0. The lowest BCUT2D eigenvalue weighted by Gasteiger charge is -2.35. The fourth-order valence-electron chi connectivity index (χ4n) is 2.59. The van der Waals surface area contributed by atoms with Gasteiger partial charge < -0.3 is 5.32 Å². The van der Waals surface area contributed by atoms with E-state index in [1.165, 1.54) is 32.1 Å². The Morgan fingerprint density at radius 2 is 1.35 bits per heavy atom. The molecule has 0 amide bonds. The molecule has 106 valence electrons. The van der Waals surface area contributed by atoms with E-state index >= 15 is 0 Å². The Morgan fingerprint density at radius 1 is 0.882 bits per heavy atom. The monoisotopic (exact) mass is 243 g/mol. The zero-order valence-electron chi connectivity index (χ0n) is 13.7. The van der Waals surface area contributed by atoms with E-state index in [2.05, 4.69) is 39.9 Å². The van der Waals surface area contributed by atoms with Gasteiger partial charge in [0.25, 0.3) is 0 Å². The highest BCUT2D eigenvalue weighted by molar-refractivity contribution is 4.79. The standard InChI is InChI=1S/C14H31N.C2H6/c1-7-8-9-13(2,3)12-14(4,5)10-11-15-6;1-2/h15H,7-12H2,1-6H3;1-2H3. The van der Waals surface area contributed by atoms with Gasteiger partial charge in [-0.05, 0) is 43.7 Å². The number of rotatable bonds is 8. The van der Waals surface area contributed by atoms with Crippen LogP contribution in [0.5, 0.6) is 0 Å². The molecule has 0 rings (SSSR count). The van der Waals surface area contributed by atoms with E-state index in [1.54, 1.807) is 0 Å². The molecule has 0 aromatic rings. The molecule has 0 unspecified atom stereocenters. The van der Waals surface area contributed by atoms with Crippen molar-refractivity contribution in [2.45, 2.75) is 80.6 Å². The van der Waals surface area contributed by atoms with Crippen molar-refractivity contribution in [1.82, 2.24) is 5.32 Å². The van der Waals surface area contributed by atoms with Crippen LogP contribution in [0.15, 0.2) is 0 Å². The first-order chi connectivity index (χ1) is 7.83. The zero-order valence-corrected chi connectivity index (χ0v) is 13.7. The van der Waals surface area contributed by atoms with Gasteiger partial charge in [-0.15, -0.1) is 0 Å². The Morgan fingerprint density at radius 3 is 1.76 bits per heavy atom. The normalized spacial score (nSPS) is 12.0. The first kappa shape index (κ1) is 19.3. The molecule has 0 aliphatic carbocycles. The van der Waals surface area contributed by atoms with Gasteiger partial charge in [-0.1, -0.05) is 61.3 Å². The average molecular weight is 243 g/mol. The van der Waals surface area contributed by atoms with Crippen molar-refractivity contribution in [3.8, 4) is 0 Å². The van der Waals surface area contributed by atoms with Gasteiger partial charge >= 0.3 is 0 Å². The second-order valence-electron chi connectivity index (χ2n) is 6.46. The van der Waals surface area contributed by atoms with Crippen molar-refractivity contribution in [1.29, 1.82) is 0 Å². The maximum Gasteiger partial charge on any atom is -0.00468 e. The molecule has 0 fully saturated rings. The lowest BCUT2D eigenvalue weighted by molar-refractivity contribution is 0.169. The molecule has 1 N–H and O–H groups in total. The molecule has 1 heteroatoms. The van der Waals surface area contributed by atoms with E-state index in [9.17, 15) is 0 Å². The number of unbranched alkanes of at least 4 members (excludes halogenated alkanes) is 1. The summed E-state index contributed by atoms with van der Waals surface area (Å²) in [4.78, 5) is 0. The van der Waals surface area contributed by atoms with Crippen LogP contribution < -0.4 is 5.32 Å². The highest BCUT2D eigenvalue weighted by Crippen LogP contribution is 2.38. The Hall–Kier alpha value is -0.0400. The quantitative estimate of drug-likeness (QED) is 0.613. The maximum absolute atomic E-state index is 3.25. The van der Waals surface area contributed by atoms with Crippen molar-refractivity contribution in [2.24, 2.45) is 10.8 Å². The molecule has 0 aliphatic heterocycles. The third kappa shape index (κ3) is 12.2. The molecule has 0 aliphatic rings. The Labute approximate surface area is 111 Å². The summed E-state index contributed by atoms with van der Waals surface area (Å²) in [5, 5.41) is 3.25. The van der Waals surface area contributed by atoms with E-state index in [4.69, 9.17) is 0 Å². The summed E-state index contributed by atoms with van der Waals surface area (Å²) in [6, 6.07) is 0. The zero-order chi connectivity index (χ0) is 13.9. The molecule has 0 bridgehead atoms. The van der Waals surface area contributed by atoms with E-state index in [0.29, 0.717) is 10.8 Å². The highest BCUT2D eigenvalue weighted by Gasteiger charge is 2.27. The SMILES string of the molecule is CC.CCCCC(C)(C)CC(C)(C)CCNC. The Kier molecular flexibility index (Phi) is 11.3. The number of hydrogen-bond donors (Lipinski definition) is 1. The minimum Gasteiger partial charge on any atom is -0.320 e. The van der Waals surface area contributed by atoms with Gasteiger partial charge in [-0.25, -0.2) is 0 Å². The lowest BCUT2D eigenvalue weighted by atomic mass is 9.71. The first-order valence-electron chi connectivity index (χ1n) is 7.47. The summed E-state index contributed by atoms with van der Waals surface area (Å²) >= 11 is 0. The molecule has 0 aromatic carbocycles. The third-order valence-electron chi connectivity index (χ3n) is 3.22. The van der Waals surface area contributed by atoms with Crippen LogP contribution in [-0.4, -0.2) is 13.6 Å². The van der Waals surface area contributed by atoms with Gasteiger partial charge in [0.15, 0.2) is 0 Å². The van der Waals surface area contributed by atoms with Gasteiger partial charge in [-0.2, -0.15) is 0 Å². The summed E-state index contributed by atoms with van der Waals surface area (Å²) in [7, 11) is 2.04. The topological polar surface area (TPSA) is 12.0 Å². The summed E-state index contributed by atoms with van der Waals surface area (Å²) in [6.07, 6.45) is 6.67. The number of nitrogens with one attached hydrogen (secondary N) is 1. The fourth-order valence-corrected chi connectivity index (χ4v) is 2.59. The Bertz CT molecular complexity index is 141. The molecule has 0 heterocycles. The van der Waals surface area contributed by atoms with Crippen molar-refractivity contribution >= 4 is 0 Å². The second-order valence-corrected chi connectivity index (χ2v) is 6.46. The minimum absolute atomic E-state index is 0.472. The molecule has 0 aromatic heterocycles. The smallest absolute Gasteiger partial charge is 0.00468 e. The van der Waals surface area contributed by atoms with E-state index in [-0.39, 0.29) is 0 Å². The molecule has 17 heavy (non-hydrogen) atoms. The van der Waals surface area contributed by atoms with Gasteiger partial charge in [-0.3, -0.25) is 0 Å². The highest BCUT2D eigenvalue weighted by atomic mass is 14.8. The van der Waals surface area contributed by atoms with Crippen LogP contribution in [-0.2, 0) is 0 Å². The fraction of sp³-hybridized carbons (Fsp3) is 1.00. The number of hydrogen-bond acceptors (Lipinski definition) is 1. The van der Waals surface area contributed by atoms with E-state index in [0.717, 1.165) is 6.54 Å². The molecular weight excluding hydrogens is 206 g/mol. The van der Waals surface area contributed by atoms with Crippen molar-refractivity contribution in [2.75, 3.05) is 13.6 Å². The largest absolute Gasteiger partial charge is 0.320 e. The first-order valence-corrected chi connectivity index (χ1v) is 7.47. The minimum atomic E-state index is 0.472. The van der Waals surface area contributed by atoms with E-state index < -0.39 is 0 Å². The van der Waals surface area contributed by atoms with Crippen molar-refractivity contribution in [3.63, 3.8) is 0 Å². The molecule has 0 spiro atoms. The maximum atomic E-state index is 3.25. The summed E-state index contributed by atoms with van der Waals surface area (Å²) < 4.78 is 0.